The van der Waals surface area contributed by atoms with Crippen molar-refractivity contribution < 1.29 is 4.79 Å². The van der Waals surface area contributed by atoms with E-state index >= 15 is 0 Å². The van der Waals surface area contributed by atoms with Gasteiger partial charge in [-0.25, -0.2) is 9.97 Å². The smallest absolute Gasteiger partial charge is 0.281 e. The molecule has 1 aliphatic heterocycles. The lowest BCUT2D eigenvalue weighted by atomic mass is 9.94. The van der Waals surface area contributed by atoms with Crippen LogP contribution in [0.2, 0.25) is 5.15 Å². The Hall–Kier alpha value is -3.64. The molecule has 4 heterocycles. The first-order valence-electron chi connectivity index (χ1n) is 14.0. The van der Waals surface area contributed by atoms with Crippen LogP contribution in [0.25, 0.3) is 10.9 Å². The molecule has 0 radical (unpaired) electrons. The highest BCUT2D eigenvalue weighted by atomic mass is 35.5. The van der Waals surface area contributed by atoms with Crippen LogP contribution in [0.3, 0.4) is 0 Å². The standard InChI is InChI=1S/C29H36ClN9O2S/c1-16(2)39-31-15-23(35-39)19-9-11-38(12-10-19)29-34-25-20(13-17(3)14-21(25)28(41)37(29)5)18(4)32-22-7-8-24(30)33-26(22)27(40)36-42-6/h7-8,13-16,18-19,32H,9-12H2,1-6H3,(H,36,40). The molecule has 2 N–H and O–H groups in total. The largest absolute Gasteiger partial charge is 0.377 e. The number of nitrogens with one attached hydrogen (secondary N) is 2. The number of hydrogen-bond donors (Lipinski definition) is 2. The van der Waals surface area contributed by atoms with Crippen molar-refractivity contribution in [2.24, 2.45) is 7.05 Å². The van der Waals surface area contributed by atoms with Gasteiger partial charge in [-0.2, -0.15) is 15.0 Å². The van der Waals surface area contributed by atoms with Gasteiger partial charge >= 0.3 is 0 Å². The molecular weight excluding hydrogens is 574 g/mol. The average molecular weight is 610 g/mol. The number of hydrogen-bond acceptors (Lipinski definition) is 9. The number of nitrogens with zero attached hydrogens (tertiary/aromatic N) is 7. The number of anilines is 2. The van der Waals surface area contributed by atoms with E-state index in [1.165, 1.54) is 11.9 Å². The molecular formula is C29H36ClN9O2S. The summed E-state index contributed by atoms with van der Waals surface area (Å²) in [6, 6.07) is 7.22. The van der Waals surface area contributed by atoms with Crippen molar-refractivity contribution in [1.82, 2.24) is 34.3 Å². The molecule has 13 heteroatoms. The van der Waals surface area contributed by atoms with Gasteiger partial charge in [0.05, 0.1) is 40.6 Å². The van der Waals surface area contributed by atoms with E-state index in [1.54, 1.807) is 34.8 Å². The van der Waals surface area contributed by atoms with Crippen molar-refractivity contribution in [3.05, 3.63) is 68.5 Å². The molecule has 42 heavy (non-hydrogen) atoms. The van der Waals surface area contributed by atoms with E-state index < -0.39 is 0 Å². The Bertz CT molecular complexity index is 1680. The molecule has 1 saturated heterocycles. The highest BCUT2D eigenvalue weighted by Crippen LogP contribution is 2.32. The molecule has 1 atom stereocenters. The number of aromatic nitrogens is 6. The summed E-state index contributed by atoms with van der Waals surface area (Å²) in [5, 5.41) is 13.3. The monoisotopic (exact) mass is 609 g/mol. The van der Waals surface area contributed by atoms with Gasteiger partial charge in [0.25, 0.3) is 11.5 Å². The molecule has 0 spiro atoms. The van der Waals surface area contributed by atoms with Gasteiger partial charge < -0.3 is 10.2 Å². The van der Waals surface area contributed by atoms with Gasteiger partial charge in [-0.05, 0) is 64.3 Å². The van der Waals surface area contributed by atoms with E-state index in [9.17, 15) is 9.59 Å². The van der Waals surface area contributed by atoms with Crippen molar-refractivity contribution in [1.29, 1.82) is 0 Å². The van der Waals surface area contributed by atoms with Crippen LogP contribution in [0.1, 0.15) is 78.9 Å². The molecule has 0 aliphatic carbocycles. The third kappa shape index (κ3) is 5.96. The summed E-state index contributed by atoms with van der Waals surface area (Å²) in [7, 11) is 1.78. The Labute approximate surface area is 254 Å². The first kappa shape index (κ1) is 29.8. The second kappa shape index (κ2) is 12.3. The van der Waals surface area contributed by atoms with Crippen LogP contribution in [0.15, 0.2) is 35.3 Å². The molecule has 11 nitrogen and oxygen atoms in total. The Morgan fingerprint density at radius 3 is 2.55 bits per heavy atom. The maximum atomic E-state index is 13.7. The zero-order valence-electron chi connectivity index (χ0n) is 24.7. The minimum absolute atomic E-state index is 0.0950. The van der Waals surface area contributed by atoms with Crippen LogP contribution in [0, 0.1) is 6.92 Å². The number of aryl methyl sites for hydroxylation is 1. The normalized spacial score (nSPS) is 14.9. The summed E-state index contributed by atoms with van der Waals surface area (Å²) >= 11 is 7.30. The third-order valence-electron chi connectivity index (χ3n) is 7.62. The predicted octanol–water partition coefficient (Wildman–Crippen LogP) is 5.03. The fourth-order valence-electron chi connectivity index (χ4n) is 5.43. The van der Waals surface area contributed by atoms with Gasteiger partial charge in [-0.3, -0.25) is 18.9 Å². The topological polar surface area (TPSA) is 123 Å². The summed E-state index contributed by atoms with van der Waals surface area (Å²) in [6.45, 7) is 9.59. The Morgan fingerprint density at radius 1 is 1.14 bits per heavy atom. The second-order valence-electron chi connectivity index (χ2n) is 11.0. The van der Waals surface area contributed by atoms with Gasteiger partial charge in [0.1, 0.15) is 5.15 Å². The lowest BCUT2D eigenvalue weighted by Crippen LogP contribution is -2.38. The van der Waals surface area contributed by atoms with Crippen LogP contribution in [-0.2, 0) is 7.05 Å². The van der Waals surface area contributed by atoms with Crippen LogP contribution < -0.4 is 20.5 Å². The van der Waals surface area contributed by atoms with Crippen LogP contribution >= 0.6 is 23.5 Å². The Morgan fingerprint density at radius 2 is 1.88 bits per heavy atom. The highest BCUT2D eigenvalue weighted by Gasteiger charge is 2.27. The Kier molecular flexibility index (Phi) is 8.74. The fraction of sp³-hybridized carbons (Fsp3) is 0.448. The molecule has 1 amide bonds. The second-order valence-corrected chi connectivity index (χ2v) is 12.0. The van der Waals surface area contributed by atoms with Gasteiger partial charge in [0.15, 0.2) is 5.69 Å². The quantitative estimate of drug-likeness (QED) is 0.209. The minimum Gasteiger partial charge on any atom is -0.377 e. The molecule has 1 aromatic carbocycles. The van der Waals surface area contributed by atoms with E-state index in [1.807, 2.05) is 32.2 Å². The molecule has 1 fully saturated rings. The first-order chi connectivity index (χ1) is 20.1. The maximum Gasteiger partial charge on any atom is 0.281 e. The van der Waals surface area contributed by atoms with Crippen molar-refractivity contribution in [2.45, 2.75) is 58.5 Å². The number of carbonyl (C=O) groups is 1. The van der Waals surface area contributed by atoms with Crippen LogP contribution in [-0.4, -0.2) is 54.8 Å². The van der Waals surface area contributed by atoms with Crippen LogP contribution in [0.4, 0.5) is 11.6 Å². The summed E-state index contributed by atoms with van der Waals surface area (Å²) in [4.78, 5) is 39.6. The van der Waals surface area contributed by atoms with Gasteiger partial charge in [-0.1, -0.05) is 29.6 Å². The molecule has 3 aromatic heterocycles. The number of halogens is 1. The number of pyridine rings is 1. The maximum absolute atomic E-state index is 13.7. The lowest BCUT2D eigenvalue weighted by Gasteiger charge is -2.33. The number of carbonyl (C=O) groups excluding carboxylic acids is 1. The van der Waals surface area contributed by atoms with Crippen molar-refractivity contribution in [3.8, 4) is 0 Å². The van der Waals surface area contributed by atoms with Crippen LogP contribution in [0.5, 0.6) is 0 Å². The summed E-state index contributed by atoms with van der Waals surface area (Å²) < 4.78 is 4.35. The third-order valence-corrected chi connectivity index (χ3v) is 8.22. The fourth-order valence-corrected chi connectivity index (χ4v) is 5.86. The number of piperidine rings is 1. The molecule has 222 valence electrons. The summed E-state index contributed by atoms with van der Waals surface area (Å²) in [6.07, 6.45) is 5.43. The zero-order valence-corrected chi connectivity index (χ0v) is 26.3. The van der Waals surface area contributed by atoms with Crippen molar-refractivity contribution >= 4 is 52.0 Å². The van der Waals surface area contributed by atoms with E-state index in [-0.39, 0.29) is 34.4 Å². The minimum atomic E-state index is -0.349. The first-order valence-corrected chi connectivity index (χ1v) is 15.6. The van der Waals surface area contributed by atoms with Gasteiger partial charge in [-0.15, -0.1) is 0 Å². The number of amides is 1. The van der Waals surface area contributed by atoms with Crippen molar-refractivity contribution in [3.63, 3.8) is 0 Å². The zero-order chi connectivity index (χ0) is 30.1. The molecule has 4 aromatic rings. The number of rotatable bonds is 8. The van der Waals surface area contributed by atoms with E-state index in [2.05, 4.69) is 44.0 Å². The predicted molar refractivity (Wildman–Crippen MR) is 169 cm³/mol. The average Bonchev–Trinajstić information content (AvgIpc) is 3.47. The molecule has 5 rings (SSSR count). The number of benzene rings is 1. The summed E-state index contributed by atoms with van der Waals surface area (Å²) in [5.74, 6) is 0.611. The van der Waals surface area contributed by atoms with E-state index in [0.29, 0.717) is 28.5 Å². The number of fused-ring (bicyclic) bond motifs is 1. The molecule has 1 aliphatic rings. The SMILES string of the molecule is CSNC(=O)c1nc(Cl)ccc1NC(C)c1cc(C)cc2c(=O)n(C)c(N3CCC(c4cnn(C(C)C)n4)CC3)nc12. The van der Waals surface area contributed by atoms with Crippen molar-refractivity contribution in [2.75, 3.05) is 29.6 Å². The van der Waals surface area contributed by atoms with E-state index in [0.717, 1.165) is 42.8 Å². The highest BCUT2D eigenvalue weighted by molar-refractivity contribution is 7.97. The van der Waals surface area contributed by atoms with E-state index in [4.69, 9.17) is 16.6 Å². The summed E-state index contributed by atoms with van der Waals surface area (Å²) in [5.41, 5.74) is 4.09. The van der Waals surface area contributed by atoms with Gasteiger partial charge in [0, 0.05) is 37.9 Å². The molecule has 1 unspecified atom stereocenters. The Balaban J connectivity index is 1.46. The lowest BCUT2D eigenvalue weighted by molar-refractivity contribution is 0.0980. The van der Waals surface area contributed by atoms with Gasteiger partial charge in [0.2, 0.25) is 5.95 Å². The molecule has 0 saturated carbocycles. The molecule has 0 bridgehead atoms.